The highest BCUT2D eigenvalue weighted by molar-refractivity contribution is 5.98. The number of amides is 2. The summed E-state index contributed by atoms with van der Waals surface area (Å²) in [7, 11) is 3.18. The number of hydrogen-bond acceptors (Lipinski definition) is 5. The number of benzene rings is 1. The SMILES string of the molecule is CCC(=O)Nc1ccc2c(c1)OC[C@@H](C)N(CCC(F)(F)F)C[C@@H](C)[C@H](OC)CN(C)C2=O. The number of rotatable bonds is 5. The van der Waals surface area contributed by atoms with Crippen LogP contribution in [-0.4, -0.2) is 80.3 Å². The van der Waals surface area contributed by atoms with Crippen molar-refractivity contribution < 1.29 is 32.2 Å². The van der Waals surface area contributed by atoms with Gasteiger partial charge in [0.25, 0.3) is 5.91 Å². The summed E-state index contributed by atoms with van der Waals surface area (Å²) in [5, 5.41) is 2.73. The van der Waals surface area contributed by atoms with E-state index in [-0.39, 0.29) is 55.3 Å². The molecule has 1 N–H and O–H groups in total. The van der Waals surface area contributed by atoms with Gasteiger partial charge in [0.2, 0.25) is 5.91 Å². The van der Waals surface area contributed by atoms with Gasteiger partial charge in [-0.3, -0.25) is 14.5 Å². The summed E-state index contributed by atoms with van der Waals surface area (Å²) in [6.45, 7) is 5.98. The van der Waals surface area contributed by atoms with Crippen molar-refractivity contribution in [2.45, 2.75) is 51.9 Å². The lowest BCUT2D eigenvalue weighted by atomic mass is 10.0. The van der Waals surface area contributed by atoms with E-state index in [0.29, 0.717) is 24.2 Å². The molecule has 0 saturated carbocycles. The fraction of sp³-hybridized carbons (Fsp3) is 0.652. The molecular formula is C23H34F3N3O4. The largest absolute Gasteiger partial charge is 0.491 e. The standard InChI is InChI=1S/C23H34F3N3O4/c1-6-21(30)27-17-7-8-18-19(11-17)33-14-16(3)29(10-9-23(24,25)26)12-15(2)20(32-5)13-28(4)22(18)31/h7-8,11,15-16,20H,6,9-10,12-14H2,1-5H3,(H,27,30)/t15-,16-,20-/m1/s1. The first-order valence-electron chi connectivity index (χ1n) is 11.1. The van der Waals surface area contributed by atoms with Gasteiger partial charge >= 0.3 is 6.18 Å². The average Bonchev–Trinajstić information content (AvgIpc) is 2.76. The lowest BCUT2D eigenvalue weighted by Crippen LogP contribution is -2.47. The highest BCUT2D eigenvalue weighted by Gasteiger charge is 2.32. The Labute approximate surface area is 193 Å². The summed E-state index contributed by atoms with van der Waals surface area (Å²) in [5.74, 6) is -0.303. The number of nitrogens with one attached hydrogen (secondary N) is 1. The van der Waals surface area contributed by atoms with Crippen LogP contribution < -0.4 is 10.1 Å². The predicted octanol–water partition coefficient (Wildman–Crippen LogP) is 3.79. The van der Waals surface area contributed by atoms with E-state index in [4.69, 9.17) is 9.47 Å². The quantitative estimate of drug-likeness (QED) is 0.705. The van der Waals surface area contributed by atoms with Crippen LogP contribution in [0.3, 0.4) is 0 Å². The first kappa shape index (κ1) is 26.9. The Morgan fingerprint density at radius 3 is 2.58 bits per heavy atom. The van der Waals surface area contributed by atoms with Gasteiger partial charge in [0.15, 0.2) is 0 Å². The van der Waals surface area contributed by atoms with E-state index in [9.17, 15) is 22.8 Å². The van der Waals surface area contributed by atoms with E-state index in [1.807, 2.05) is 6.92 Å². The second-order valence-electron chi connectivity index (χ2n) is 8.57. The van der Waals surface area contributed by atoms with Crippen LogP contribution in [-0.2, 0) is 9.53 Å². The molecule has 10 heteroatoms. The zero-order chi connectivity index (χ0) is 24.8. The van der Waals surface area contributed by atoms with E-state index in [0.717, 1.165) is 0 Å². The van der Waals surface area contributed by atoms with Crippen molar-refractivity contribution >= 4 is 17.5 Å². The molecule has 0 radical (unpaired) electrons. The number of anilines is 1. The maximum absolute atomic E-state index is 13.1. The van der Waals surface area contributed by atoms with Gasteiger partial charge in [-0.25, -0.2) is 0 Å². The van der Waals surface area contributed by atoms with E-state index in [2.05, 4.69) is 5.32 Å². The molecule has 33 heavy (non-hydrogen) atoms. The second kappa shape index (κ2) is 11.7. The molecule has 0 bridgehead atoms. The Hall–Kier alpha value is -2.33. The highest BCUT2D eigenvalue weighted by Crippen LogP contribution is 2.27. The van der Waals surface area contributed by atoms with Crippen molar-refractivity contribution in [2.75, 3.05) is 45.7 Å². The lowest BCUT2D eigenvalue weighted by molar-refractivity contribution is -0.140. The number of nitrogens with zero attached hydrogens (tertiary/aromatic N) is 2. The van der Waals surface area contributed by atoms with Crippen LogP contribution in [0.25, 0.3) is 0 Å². The molecule has 0 fully saturated rings. The third kappa shape index (κ3) is 7.89. The highest BCUT2D eigenvalue weighted by atomic mass is 19.4. The zero-order valence-corrected chi connectivity index (χ0v) is 19.9. The fourth-order valence-corrected chi connectivity index (χ4v) is 3.76. The third-order valence-electron chi connectivity index (χ3n) is 5.86. The van der Waals surface area contributed by atoms with Crippen molar-refractivity contribution in [3.63, 3.8) is 0 Å². The Balaban J connectivity index is 2.39. The minimum absolute atomic E-state index is 0.0808. The number of halogens is 3. The number of fused-ring (bicyclic) bond motifs is 1. The Morgan fingerprint density at radius 2 is 1.97 bits per heavy atom. The number of hydrogen-bond donors (Lipinski definition) is 1. The van der Waals surface area contributed by atoms with E-state index in [1.165, 1.54) is 12.0 Å². The summed E-state index contributed by atoms with van der Waals surface area (Å²) in [6, 6.07) is 4.44. The van der Waals surface area contributed by atoms with Crippen LogP contribution in [0.2, 0.25) is 0 Å². The Bertz CT molecular complexity index is 819. The van der Waals surface area contributed by atoms with Gasteiger partial charge in [-0.05, 0) is 25.0 Å². The monoisotopic (exact) mass is 473 g/mol. The molecule has 1 aromatic rings. The smallest absolute Gasteiger partial charge is 0.390 e. The Kier molecular flexibility index (Phi) is 9.54. The maximum atomic E-state index is 13.1. The third-order valence-corrected chi connectivity index (χ3v) is 5.86. The van der Waals surface area contributed by atoms with Crippen molar-refractivity contribution in [2.24, 2.45) is 5.92 Å². The van der Waals surface area contributed by atoms with Crippen molar-refractivity contribution in [1.82, 2.24) is 9.80 Å². The molecule has 0 unspecified atom stereocenters. The molecular weight excluding hydrogens is 439 g/mol. The number of ether oxygens (including phenoxy) is 2. The summed E-state index contributed by atoms with van der Waals surface area (Å²) in [6.07, 6.45) is -5.25. The first-order chi connectivity index (χ1) is 15.4. The van der Waals surface area contributed by atoms with Crippen LogP contribution in [0, 0.1) is 5.92 Å². The molecule has 0 spiro atoms. The molecule has 1 heterocycles. The summed E-state index contributed by atoms with van der Waals surface area (Å²) >= 11 is 0. The zero-order valence-electron chi connectivity index (χ0n) is 19.9. The number of carbonyl (C=O) groups is 2. The van der Waals surface area contributed by atoms with Crippen LogP contribution >= 0.6 is 0 Å². The normalized spacial score (nSPS) is 23.2. The molecule has 7 nitrogen and oxygen atoms in total. The van der Waals surface area contributed by atoms with Crippen LogP contribution in [0.5, 0.6) is 5.75 Å². The number of likely N-dealkylation sites (N-methyl/N-ethyl adjacent to an activating group) is 1. The van der Waals surface area contributed by atoms with Crippen LogP contribution in [0.1, 0.15) is 44.0 Å². The minimum Gasteiger partial charge on any atom is -0.491 e. The van der Waals surface area contributed by atoms with Crippen LogP contribution in [0.4, 0.5) is 18.9 Å². The molecule has 2 amide bonds. The number of methoxy groups -OCH3 is 1. The van der Waals surface area contributed by atoms with Gasteiger partial charge < -0.3 is 19.7 Å². The van der Waals surface area contributed by atoms with Gasteiger partial charge in [-0.2, -0.15) is 13.2 Å². The van der Waals surface area contributed by atoms with Gasteiger partial charge in [0.05, 0.1) is 18.1 Å². The first-order valence-corrected chi connectivity index (χ1v) is 11.1. The summed E-state index contributed by atoms with van der Waals surface area (Å²) in [4.78, 5) is 28.2. The molecule has 0 aliphatic carbocycles. The average molecular weight is 474 g/mol. The Morgan fingerprint density at radius 1 is 1.27 bits per heavy atom. The molecule has 0 aromatic heterocycles. The van der Waals surface area contributed by atoms with Gasteiger partial charge in [-0.1, -0.05) is 13.8 Å². The summed E-state index contributed by atoms with van der Waals surface area (Å²) in [5.41, 5.74) is 0.789. The van der Waals surface area contributed by atoms with Crippen molar-refractivity contribution in [3.05, 3.63) is 23.8 Å². The maximum Gasteiger partial charge on any atom is 0.390 e. The van der Waals surface area contributed by atoms with E-state index < -0.39 is 12.6 Å². The van der Waals surface area contributed by atoms with E-state index >= 15 is 0 Å². The van der Waals surface area contributed by atoms with Gasteiger partial charge in [0, 0.05) is 58.0 Å². The van der Waals surface area contributed by atoms with E-state index in [1.54, 1.807) is 44.0 Å². The molecule has 0 saturated heterocycles. The molecule has 1 aliphatic heterocycles. The van der Waals surface area contributed by atoms with Crippen molar-refractivity contribution in [1.29, 1.82) is 0 Å². The molecule has 2 rings (SSSR count). The molecule has 186 valence electrons. The molecule has 1 aromatic carbocycles. The summed E-state index contributed by atoms with van der Waals surface area (Å²) < 4.78 is 50.3. The topological polar surface area (TPSA) is 71.1 Å². The number of alkyl halides is 3. The minimum atomic E-state index is -4.26. The van der Waals surface area contributed by atoms with Gasteiger partial charge in [-0.15, -0.1) is 0 Å². The van der Waals surface area contributed by atoms with Crippen LogP contribution in [0.15, 0.2) is 18.2 Å². The lowest BCUT2D eigenvalue weighted by Gasteiger charge is -2.36. The molecule has 3 atom stereocenters. The molecule has 1 aliphatic rings. The number of carbonyl (C=O) groups excluding carboxylic acids is 2. The van der Waals surface area contributed by atoms with Crippen molar-refractivity contribution in [3.8, 4) is 5.75 Å². The predicted molar refractivity (Wildman–Crippen MR) is 119 cm³/mol. The fourth-order valence-electron chi connectivity index (χ4n) is 3.76. The second-order valence-corrected chi connectivity index (χ2v) is 8.57. The van der Waals surface area contributed by atoms with Gasteiger partial charge in [0.1, 0.15) is 12.4 Å².